The third-order valence-electron chi connectivity index (χ3n) is 7.45. The van der Waals surface area contributed by atoms with Gasteiger partial charge in [0.1, 0.15) is 0 Å². The number of aliphatic hydroxyl groups excluding tert-OH is 1. The molecule has 3 aromatic rings. The predicted octanol–water partition coefficient (Wildman–Crippen LogP) is 5.56. The maximum atomic E-state index is 13.4. The fourth-order valence-electron chi connectivity index (χ4n) is 5.28. The van der Waals surface area contributed by atoms with Gasteiger partial charge in [0.05, 0.1) is 10.5 Å². The standard InChI is InChI=1S/C31H31NO6S/c1-2-21(18-20-10-5-3-6-11-20)30-29(34)28(33)27(31(35)38-30)26(22-16-17-22)23-12-9-13-24(19-23)32-39(36,37)25-14-7-4-8-15-25/h3-15,19,21-22,26,30,32-33H,2,16-18H2,1H3. The molecule has 7 nitrogen and oxygen atoms in total. The number of rotatable bonds is 10. The van der Waals surface area contributed by atoms with Crippen molar-refractivity contribution in [2.24, 2.45) is 11.8 Å². The zero-order valence-corrected chi connectivity index (χ0v) is 22.4. The molecular weight excluding hydrogens is 514 g/mol. The van der Waals surface area contributed by atoms with Gasteiger partial charge in [-0.2, -0.15) is 0 Å². The van der Waals surface area contributed by atoms with E-state index in [-0.39, 0.29) is 22.3 Å². The van der Waals surface area contributed by atoms with E-state index in [0.29, 0.717) is 24.1 Å². The van der Waals surface area contributed by atoms with Crippen molar-refractivity contribution >= 4 is 27.5 Å². The van der Waals surface area contributed by atoms with Gasteiger partial charge in [0.15, 0.2) is 11.9 Å². The molecule has 0 saturated heterocycles. The van der Waals surface area contributed by atoms with Gasteiger partial charge in [-0.25, -0.2) is 13.2 Å². The summed E-state index contributed by atoms with van der Waals surface area (Å²) in [4.78, 5) is 26.9. The molecule has 1 aliphatic carbocycles. The fraction of sp³-hybridized carbons (Fsp3) is 0.290. The first-order valence-corrected chi connectivity index (χ1v) is 14.7. The van der Waals surface area contributed by atoms with Gasteiger partial charge >= 0.3 is 5.97 Å². The van der Waals surface area contributed by atoms with E-state index in [1.165, 1.54) is 12.1 Å². The number of benzene rings is 3. The Bertz CT molecular complexity index is 1500. The molecule has 3 unspecified atom stereocenters. The number of ether oxygens (including phenoxy) is 1. The van der Waals surface area contributed by atoms with Crippen LogP contribution in [0.15, 0.2) is 101 Å². The van der Waals surface area contributed by atoms with Crippen LogP contribution in [0.1, 0.15) is 43.2 Å². The Hall–Kier alpha value is -3.91. The van der Waals surface area contributed by atoms with Gasteiger partial charge in [-0.15, -0.1) is 0 Å². The van der Waals surface area contributed by atoms with E-state index in [9.17, 15) is 23.1 Å². The first kappa shape index (κ1) is 26.7. The highest BCUT2D eigenvalue weighted by molar-refractivity contribution is 7.92. The Balaban J connectivity index is 1.43. The Labute approximate surface area is 228 Å². The van der Waals surface area contributed by atoms with Crippen molar-refractivity contribution in [3.8, 4) is 0 Å². The summed E-state index contributed by atoms with van der Waals surface area (Å²) in [7, 11) is -3.82. The molecule has 1 fully saturated rings. The largest absolute Gasteiger partial charge is 0.504 e. The number of sulfonamides is 1. The SMILES string of the molecule is CCC(Cc1ccccc1)C1OC(=O)C(C(c2cccc(NS(=O)(=O)c3ccccc3)c2)C2CC2)=C(O)C1=O. The molecule has 0 aromatic heterocycles. The van der Waals surface area contributed by atoms with E-state index in [1.54, 1.807) is 42.5 Å². The lowest BCUT2D eigenvalue weighted by Gasteiger charge is -2.31. The summed E-state index contributed by atoms with van der Waals surface area (Å²) in [6.07, 6.45) is 1.71. The van der Waals surface area contributed by atoms with Gasteiger partial charge < -0.3 is 9.84 Å². The molecule has 2 N–H and O–H groups in total. The maximum absolute atomic E-state index is 13.4. The molecule has 3 aromatic carbocycles. The lowest BCUT2D eigenvalue weighted by Crippen LogP contribution is -2.42. The molecular formula is C31H31NO6S. The third-order valence-corrected chi connectivity index (χ3v) is 8.85. The number of hydrogen-bond donors (Lipinski definition) is 2. The van der Waals surface area contributed by atoms with E-state index in [1.807, 2.05) is 37.3 Å². The third kappa shape index (κ3) is 5.76. The number of anilines is 1. The topological polar surface area (TPSA) is 110 Å². The number of aliphatic hydroxyl groups is 1. The Morgan fingerprint density at radius 3 is 2.26 bits per heavy atom. The number of carbonyl (C=O) groups excluding carboxylic acids is 2. The summed E-state index contributed by atoms with van der Waals surface area (Å²) >= 11 is 0. The Kier molecular flexibility index (Phi) is 7.57. The first-order chi connectivity index (χ1) is 18.8. The van der Waals surface area contributed by atoms with Crippen LogP contribution in [0.5, 0.6) is 0 Å². The second kappa shape index (κ2) is 11.1. The molecule has 0 radical (unpaired) electrons. The number of Topliss-reactive ketones (excluding diaryl/α,β-unsaturated/α-hetero) is 1. The molecule has 5 rings (SSSR count). The minimum absolute atomic E-state index is 0.0336. The van der Waals surface area contributed by atoms with Crippen LogP contribution in [0.3, 0.4) is 0 Å². The van der Waals surface area contributed by atoms with Gasteiger partial charge in [0, 0.05) is 17.5 Å². The molecule has 2 aliphatic rings. The fourth-order valence-corrected chi connectivity index (χ4v) is 6.35. The van der Waals surface area contributed by atoms with Crippen LogP contribution < -0.4 is 4.72 Å². The molecule has 0 bridgehead atoms. The minimum atomic E-state index is -3.82. The van der Waals surface area contributed by atoms with Crippen molar-refractivity contribution in [2.75, 3.05) is 4.72 Å². The van der Waals surface area contributed by atoms with E-state index in [4.69, 9.17) is 4.74 Å². The summed E-state index contributed by atoms with van der Waals surface area (Å²) in [6.45, 7) is 1.93. The number of nitrogens with one attached hydrogen (secondary N) is 1. The highest BCUT2D eigenvalue weighted by atomic mass is 32.2. The second-order valence-corrected chi connectivity index (χ2v) is 11.9. The van der Waals surface area contributed by atoms with E-state index in [0.717, 1.165) is 18.4 Å². The number of cyclic esters (lactones) is 1. The van der Waals surface area contributed by atoms with Crippen molar-refractivity contribution in [3.63, 3.8) is 0 Å². The lowest BCUT2D eigenvalue weighted by molar-refractivity contribution is -0.158. The molecule has 1 heterocycles. The van der Waals surface area contributed by atoms with Gasteiger partial charge in [-0.1, -0.05) is 67.6 Å². The Morgan fingerprint density at radius 2 is 1.62 bits per heavy atom. The molecule has 8 heteroatoms. The number of esters is 1. The van der Waals surface area contributed by atoms with E-state index >= 15 is 0 Å². The van der Waals surface area contributed by atoms with Crippen molar-refractivity contribution in [2.45, 2.75) is 49.5 Å². The van der Waals surface area contributed by atoms with Gasteiger partial charge in [0.25, 0.3) is 10.0 Å². The number of ketones is 1. The number of hydrogen-bond acceptors (Lipinski definition) is 6. The van der Waals surface area contributed by atoms with Crippen LogP contribution in [-0.2, 0) is 30.8 Å². The van der Waals surface area contributed by atoms with Crippen LogP contribution in [0.2, 0.25) is 0 Å². The van der Waals surface area contributed by atoms with E-state index in [2.05, 4.69) is 4.72 Å². The average molecular weight is 546 g/mol. The van der Waals surface area contributed by atoms with Crippen molar-refractivity contribution in [3.05, 3.63) is 107 Å². The van der Waals surface area contributed by atoms with Crippen LogP contribution in [0.4, 0.5) is 5.69 Å². The van der Waals surface area contributed by atoms with Crippen molar-refractivity contribution < 1.29 is 27.9 Å². The predicted molar refractivity (Wildman–Crippen MR) is 148 cm³/mol. The maximum Gasteiger partial charge on any atom is 0.339 e. The van der Waals surface area contributed by atoms with Gasteiger partial charge in [-0.3, -0.25) is 9.52 Å². The molecule has 1 aliphatic heterocycles. The average Bonchev–Trinajstić information content (AvgIpc) is 3.78. The monoisotopic (exact) mass is 545 g/mol. The summed E-state index contributed by atoms with van der Waals surface area (Å²) < 4.78 is 34.0. The lowest BCUT2D eigenvalue weighted by atomic mass is 9.81. The molecule has 3 atom stereocenters. The van der Waals surface area contributed by atoms with Crippen LogP contribution in [-0.4, -0.2) is 31.4 Å². The smallest absolute Gasteiger partial charge is 0.339 e. The Morgan fingerprint density at radius 1 is 0.949 bits per heavy atom. The first-order valence-electron chi connectivity index (χ1n) is 13.2. The highest BCUT2D eigenvalue weighted by Gasteiger charge is 2.47. The van der Waals surface area contributed by atoms with Gasteiger partial charge in [-0.05, 0) is 67.0 Å². The molecule has 39 heavy (non-hydrogen) atoms. The molecule has 1 saturated carbocycles. The van der Waals surface area contributed by atoms with Crippen LogP contribution in [0, 0.1) is 11.8 Å². The summed E-state index contributed by atoms with van der Waals surface area (Å²) in [5.41, 5.74) is 1.93. The van der Waals surface area contributed by atoms with Crippen LogP contribution in [0.25, 0.3) is 0 Å². The summed E-state index contributed by atoms with van der Waals surface area (Å²) in [5.74, 6) is -2.66. The quantitative estimate of drug-likeness (QED) is 0.323. The van der Waals surface area contributed by atoms with Crippen LogP contribution >= 0.6 is 0 Å². The van der Waals surface area contributed by atoms with Crippen molar-refractivity contribution in [1.82, 2.24) is 0 Å². The van der Waals surface area contributed by atoms with Gasteiger partial charge in [0.2, 0.25) is 5.78 Å². The molecule has 0 spiro atoms. The van der Waals surface area contributed by atoms with Crippen molar-refractivity contribution in [1.29, 1.82) is 0 Å². The minimum Gasteiger partial charge on any atom is -0.504 e. The summed E-state index contributed by atoms with van der Waals surface area (Å²) in [5, 5.41) is 11.1. The second-order valence-electron chi connectivity index (χ2n) is 10.2. The highest BCUT2D eigenvalue weighted by Crippen LogP contribution is 2.49. The zero-order valence-electron chi connectivity index (χ0n) is 21.6. The normalized spacial score (nSPS) is 19.4. The zero-order chi connectivity index (χ0) is 27.6. The number of carbonyl (C=O) groups is 2. The van der Waals surface area contributed by atoms with E-state index < -0.39 is 39.6 Å². The summed E-state index contributed by atoms with van der Waals surface area (Å²) in [6, 6.07) is 24.4. The molecule has 0 amide bonds. The molecule has 202 valence electrons.